The maximum absolute atomic E-state index is 5.88. The Balaban J connectivity index is 1.79. The third kappa shape index (κ3) is 1.88. The number of nitrogens with zero attached hydrogens (tertiary/aromatic N) is 2. The quantitative estimate of drug-likeness (QED) is 0.834. The van der Waals surface area contributed by atoms with Crippen LogP contribution in [0.15, 0.2) is 18.3 Å². The van der Waals surface area contributed by atoms with Gasteiger partial charge < -0.3 is 11.1 Å². The Labute approximate surface area is 97.9 Å². The molecule has 1 saturated carbocycles. The standard InChI is InChI=1S/C11H14N4S/c12-7-3-4-8(6-7)14-11-15-9-2-1-5-13-10(9)16-11/h1-2,5,7-8H,3-4,6,12H2,(H,14,15)/t7-,8-/m0/s1. The molecule has 0 aromatic carbocycles. The highest BCUT2D eigenvalue weighted by Gasteiger charge is 2.22. The second kappa shape index (κ2) is 3.99. The number of hydrogen-bond acceptors (Lipinski definition) is 5. The molecule has 2 aromatic rings. The van der Waals surface area contributed by atoms with Crippen LogP contribution < -0.4 is 11.1 Å². The summed E-state index contributed by atoms with van der Waals surface area (Å²) in [5.74, 6) is 0. The number of nitrogens with one attached hydrogen (secondary N) is 1. The summed E-state index contributed by atoms with van der Waals surface area (Å²) in [6, 6.07) is 4.74. The molecule has 16 heavy (non-hydrogen) atoms. The maximum atomic E-state index is 5.88. The molecule has 1 aliphatic carbocycles. The lowest BCUT2D eigenvalue weighted by atomic mass is 10.2. The number of rotatable bonds is 2. The molecule has 1 aliphatic rings. The Kier molecular flexibility index (Phi) is 2.49. The van der Waals surface area contributed by atoms with E-state index >= 15 is 0 Å². The SMILES string of the molecule is N[C@H]1CC[C@H](Nc2nc3cccnc3s2)C1. The molecular weight excluding hydrogens is 220 g/mol. The van der Waals surface area contributed by atoms with Crippen LogP contribution in [0.2, 0.25) is 0 Å². The third-order valence-corrected chi connectivity index (χ3v) is 3.88. The molecule has 5 heteroatoms. The second-order valence-corrected chi connectivity index (χ2v) is 5.24. The first kappa shape index (κ1) is 9.99. The Morgan fingerprint density at radius 2 is 2.38 bits per heavy atom. The number of nitrogens with two attached hydrogens (primary N) is 1. The van der Waals surface area contributed by atoms with Crippen LogP contribution in [0.25, 0.3) is 10.3 Å². The molecule has 4 nitrogen and oxygen atoms in total. The highest BCUT2D eigenvalue weighted by molar-refractivity contribution is 7.21. The summed E-state index contributed by atoms with van der Waals surface area (Å²) in [6.07, 6.45) is 5.10. The van der Waals surface area contributed by atoms with Crippen LogP contribution >= 0.6 is 11.3 Å². The molecule has 0 amide bonds. The van der Waals surface area contributed by atoms with Gasteiger partial charge in [0.15, 0.2) is 5.13 Å². The van der Waals surface area contributed by atoms with Gasteiger partial charge in [0.2, 0.25) is 0 Å². The van der Waals surface area contributed by atoms with Gasteiger partial charge in [0.05, 0.1) is 0 Å². The fourth-order valence-electron chi connectivity index (χ4n) is 2.15. The van der Waals surface area contributed by atoms with Crippen LogP contribution in [0.5, 0.6) is 0 Å². The van der Waals surface area contributed by atoms with E-state index < -0.39 is 0 Å². The second-order valence-electron chi connectivity index (χ2n) is 4.26. The van der Waals surface area contributed by atoms with Crippen LogP contribution in [-0.4, -0.2) is 22.1 Å². The Morgan fingerprint density at radius 1 is 1.44 bits per heavy atom. The summed E-state index contributed by atoms with van der Waals surface area (Å²) in [6.45, 7) is 0. The zero-order valence-electron chi connectivity index (χ0n) is 8.89. The zero-order valence-corrected chi connectivity index (χ0v) is 9.70. The van der Waals surface area contributed by atoms with E-state index in [9.17, 15) is 0 Å². The molecule has 1 fully saturated rings. The van der Waals surface area contributed by atoms with Gasteiger partial charge >= 0.3 is 0 Å². The van der Waals surface area contributed by atoms with Crippen molar-refractivity contribution < 1.29 is 0 Å². The molecule has 0 unspecified atom stereocenters. The molecular formula is C11H14N4S. The van der Waals surface area contributed by atoms with E-state index in [0.29, 0.717) is 12.1 Å². The van der Waals surface area contributed by atoms with Crippen molar-refractivity contribution in [3.63, 3.8) is 0 Å². The van der Waals surface area contributed by atoms with Crippen molar-refractivity contribution in [3.05, 3.63) is 18.3 Å². The Morgan fingerprint density at radius 3 is 3.12 bits per heavy atom. The molecule has 3 N–H and O–H groups in total. The molecule has 2 atom stereocenters. The van der Waals surface area contributed by atoms with E-state index in [1.54, 1.807) is 17.5 Å². The van der Waals surface area contributed by atoms with Gasteiger partial charge in [-0.3, -0.25) is 0 Å². The van der Waals surface area contributed by atoms with E-state index in [-0.39, 0.29) is 0 Å². The van der Waals surface area contributed by atoms with Gasteiger partial charge in [-0.25, -0.2) is 9.97 Å². The molecule has 2 aromatic heterocycles. The fraction of sp³-hybridized carbons (Fsp3) is 0.455. The van der Waals surface area contributed by atoms with Gasteiger partial charge in [-0.05, 0) is 31.4 Å². The number of aromatic nitrogens is 2. The molecule has 0 bridgehead atoms. The summed E-state index contributed by atoms with van der Waals surface area (Å²) >= 11 is 1.61. The van der Waals surface area contributed by atoms with Gasteiger partial charge in [-0.1, -0.05) is 11.3 Å². The van der Waals surface area contributed by atoms with Crippen molar-refractivity contribution in [2.24, 2.45) is 5.73 Å². The van der Waals surface area contributed by atoms with Crippen molar-refractivity contribution in [1.29, 1.82) is 0 Å². The van der Waals surface area contributed by atoms with Gasteiger partial charge in [-0.2, -0.15) is 0 Å². The number of hydrogen-bond donors (Lipinski definition) is 2. The van der Waals surface area contributed by atoms with Crippen molar-refractivity contribution in [3.8, 4) is 0 Å². The number of anilines is 1. The molecule has 84 valence electrons. The molecule has 0 aliphatic heterocycles. The topological polar surface area (TPSA) is 63.8 Å². The Hall–Kier alpha value is -1.20. The minimum absolute atomic E-state index is 0.352. The predicted molar refractivity (Wildman–Crippen MR) is 66.7 cm³/mol. The van der Waals surface area contributed by atoms with Crippen molar-refractivity contribution in [1.82, 2.24) is 9.97 Å². The van der Waals surface area contributed by atoms with Gasteiger partial charge in [0.25, 0.3) is 0 Å². The monoisotopic (exact) mass is 234 g/mol. The zero-order chi connectivity index (χ0) is 11.0. The lowest BCUT2D eigenvalue weighted by molar-refractivity contribution is 0.687. The van der Waals surface area contributed by atoms with E-state index in [2.05, 4.69) is 15.3 Å². The number of fused-ring (bicyclic) bond motifs is 1. The predicted octanol–water partition coefficient (Wildman–Crippen LogP) is 1.98. The molecule has 0 saturated heterocycles. The van der Waals surface area contributed by atoms with E-state index in [1.807, 2.05) is 12.1 Å². The number of thiazole rings is 1. The Bertz CT molecular complexity index is 462. The highest BCUT2D eigenvalue weighted by Crippen LogP contribution is 2.27. The van der Waals surface area contributed by atoms with Crippen LogP contribution in [-0.2, 0) is 0 Å². The van der Waals surface area contributed by atoms with Crippen LogP contribution in [0.1, 0.15) is 19.3 Å². The largest absolute Gasteiger partial charge is 0.359 e. The summed E-state index contributed by atoms with van der Waals surface area (Å²) in [5, 5.41) is 4.41. The van der Waals surface area contributed by atoms with Crippen LogP contribution in [0, 0.1) is 0 Å². The van der Waals surface area contributed by atoms with Gasteiger partial charge in [0.1, 0.15) is 10.3 Å². The normalized spacial score (nSPS) is 25.1. The van der Waals surface area contributed by atoms with Crippen LogP contribution in [0.3, 0.4) is 0 Å². The van der Waals surface area contributed by atoms with E-state index in [4.69, 9.17) is 5.73 Å². The van der Waals surface area contributed by atoms with Gasteiger partial charge in [0, 0.05) is 18.3 Å². The lowest BCUT2D eigenvalue weighted by Crippen LogP contribution is -2.20. The molecule has 0 spiro atoms. The molecule has 2 heterocycles. The summed E-state index contributed by atoms with van der Waals surface area (Å²) in [5.41, 5.74) is 6.85. The van der Waals surface area contributed by atoms with Gasteiger partial charge in [-0.15, -0.1) is 0 Å². The van der Waals surface area contributed by atoms with Crippen molar-refractivity contribution >= 4 is 26.8 Å². The lowest BCUT2D eigenvalue weighted by Gasteiger charge is -2.09. The van der Waals surface area contributed by atoms with Crippen molar-refractivity contribution in [2.45, 2.75) is 31.3 Å². The summed E-state index contributed by atoms with van der Waals surface area (Å²) in [7, 11) is 0. The first-order valence-electron chi connectivity index (χ1n) is 5.55. The number of pyridine rings is 1. The smallest absolute Gasteiger partial charge is 0.185 e. The third-order valence-electron chi connectivity index (χ3n) is 2.97. The van der Waals surface area contributed by atoms with Crippen molar-refractivity contribution in [2.75, 3.05) is 5.32 Å². The molecule has 0 radical (unpaired) electrons. The minimum Gasteiger partial charge on any atom is -0.359 e. The fourth-order valence-corrected chi connectivity index (χ4v) is 3.04. The minimum atomic E-state index is 0.352. The van der Waals surface area contributed by atoms with E-state index in [0.717, 1.165) is 34.7 Å². The van der Waals surface area contributed by atoms with Crippen LogP contribution in [0.4, 0.5) is 5.13 Å². The average Bonchev–Trinajstić information content (AvgIpc) is 2.84. The molecule has 3 rings (SSSR count). The first-order valence-corrected chi connectivity index (χ1v) is 6.36. The first-order chi connectivity index (χ1) is 7.81. The summed E-state index contributed by atoms with van der Waals surface area (Å²) < 4.78 is 0. The van der Waals surface area contributed by atoms with E-state index in [1.165, 1.54) is 0 Å². The average molecular weight is 234 g/mol. The summed E-state index contributed by atoms with van der Waals surface area (Å²) in [4.78, 5) is 9.78. The maximum Gasteiger partial charge on any atom is 0.185 e. The highest BCUT2D eigenvalue weighted by atomic mass is 32.1.